The molecule has 2 heterocycles. The van der Waals surface area contributed by atoms with Crippen molar-refractivity contribution in [3.8, 4) is 11.5 Å². The molecule has 0 atom stereocenters. The second-order valence-electron chi connectivity index (χ2n) is 7.00. The van der Waals surface area contributed by atoms with Gasteiger partial charge in [-0.2, -0.15) is 10.2 Å². The lowest BCUT2D eigenvalue weighted by atomic mass is 10.0. The second-order valence-corrected chi connectivity index (χ2v) is 7.77. The molecule has 0 fully saturated rings. The van der Waals surface area contributed by atoms with Crippen LogP contribution in [-0.2, 0) is 26.1 Å². The molecule has 0 aliphatic heterocycles. The molecule has 10 nitrogen and oxygen atoms in total. The van der Waals surface area contributed by atoms with E-state index in [9.17, 15) is 0 Å². The fourth-order valence-corrected chi connectivity index (χ4v) is 3.27. The van der Waals surface area contributed by atoms with Gasteiger partial charge in [0.25, 0.3) is 0 Å². The molecule has 6 N–H and O–H groups in total. The molecule has 0 saturated heterocycles. The molecule has 0 amide bonds. The average Bonchev–Trinajstić information content (AvgIpc) is 3.31. The van der Waals surface area contributed by atoms with Crippen LogP contribution in [0, 0.1) is 9.54 Å². The molecule has 0 bridgehead atoms. The quantitative estimate of drug-likeness (QED) is 0.216. The number of benzene rings is 2. The molecule has 166 valence electrons. The zero-order valence-corrected chi connectivity index (χ0v) is 18.7. The monoisotopic (exact) mass is 470 g/mol. The van der Waals surface area contributed by atoms with E-state index in [2.05, 4.69) is 20.4 Å². The van der Waals surface area contributed by atoms with Gasteiger partial charge in [-0.3, -0.25) is 10.2 Å². The zero-order valence-electron chi connectivity index (χ0n) is 17.0. The van der Waals surface area contributed by atoms with Crippen LogP contribution >= 0.6 is 24.4 Å². The topological polar surface area (TPSA) is 138 Å². The van der Waals surface area contributed by atoms with Crippen LogP contribution in [0.5, 0.6) is 11.5 Å². The van der Waals surface area contributed by atoms with Crippen molar-refractivity contribution in [2.75, 3.05) is 11.7 Å². The van der Waals surface area contributed by atoms with Crippen LogP contribution < -0.4 is 21.2 Å². The van der Waals surface area contributed by atoms with Crippen molar-refractivity contribution in [2.45, 2.75) is 26.1 Å². The van der Waals surface area contributed by atoms with E-state index in [-0.39, 0.29) is 13.2 Å². The SMILES string of the molecule is Nn1c(COc2ccc(CCc3ccc(OCc4n[nH]c(=S)n4N)cc3)cc2)n[nH]c1=S. The Morgan fingerprint density at radius 2 is 1.06 bits per heavy atom. The highest BCUT2D eigenvalue weighted by Crippen LogP contribution is 2.17. The van der Waals surface area contributed by atoms with Gasteiger partial charge >= 0.3 is 0 Å². The fourth-order valence-electron chi connectivity index (χ4n) is 2.97. The Labute approximate surface area is 193 Å². The molecular formula is C20H22N8O2S2. The van der Waals surface area contributed by atoms with Crippen molar-refractivity contribution in [1.29, 1.82) is 0 Å². The number of hydrogen-bond donors (Lipinski definition) is 4. The number of rotatable bonds is 9. The number of aromatic amines is 2. The van der Waals surface area contributed by atoms with Gasteiger partial charge in [0, 0.05) is 0 Å². The first kappa shape index (κ1) is 21.6. The van der Waals surface area contributed by atoms with E-state index < -0.39 is 0 Å². The number of hydrogen-bond acceptors (Lipinski definition) is 8. The van der Waals surface area contributed by atoms with E-state index in [1.54, 1.807) is 0 Å². The summed E-state index contributed by atoms with van der Waals surface area (Å²) >= 11 is 9.96. The van der Waals surface area contributed by atoms with Gasteiger partial charge in [0.15, 0.2) is 11.6 Å². The Morgan fingerprint density at radius 1 is 0.688 bits per heavy atom. The summed E-state index contributed by atoms with van der Waals surface area (Å²) in [6.45, 7) is 0.467. The second kappa shape index (κ2) is 9.66. The molecule has 0 saturated carbocycles. The van der Waals surface area contributed by atoms with Gasteiger partial charge in [-0.05, 0) is 72.7 Å². The third-order valence-corrected chi connectivity index (χ3v) is 5.42. The third kappa shape index (κ3) is 5.15. The highest BCUT2D eigenvalue weighted by molar-refractivity contribution is 7.71. The Hall–Kier alpha value is -3.64. The molecule has 12 heteroatoms. The summed E-state index contributed by atoms with van der Waals surface area (Å²) in [7, 11) is 0. The lowest BCUT2D eigenvalue weighted by molar-refractivity contribution is 0.292. The van der Waals surface area contributed by atoms with Crippen LogP contribution in [0.3, 0.4) is 0 Å². The Balaban J connectivity index is 1.25. The van der Waals surface area contributed by atoms with Crippen molar-refractivity contribution < 1.29 is 9.47 Å². The number of aryl methyl sites for hydroxylation is 2. The summed E-state index contributed by atoms with van der Waals surface area (Å²) in [4.78, 5) is 0. The van der Waals surface area contributed by atoms with Crippen molar-refractivity contribution >= 4 is 24.4 Å². The van der Waals surface area contributed by atoms with Crippen LogP contribution in [0.4, 0.5) is 0 Å². The van der Waals surface area contributed by atoms with Gasteiger partial charge < -0.3 is 21.2 Å². The summed E-state index contributed by atoms with van der Waals surface area (Å²) in [5.41, 5.74) is 2.43. The summed E-state index contributed by atoms with van der Waals surface area (Å²) < 4.78 is 14.7. The molecule has 0 spiro atoms. The Bertz CT molecular complexity index is 1190. The minimum Gasteiger partial charge on any atom is -0.486 e. The molecule has 0 unspecified atom stereocenters. The number of nitrogens with one attached hydrogen (secondary N) is 2. The van der Waals surface area contributed by atoms with Crippen LogP contribution in [0.2, 0.25) is 0 Å². The van der Waals surface area contributed by atoms with Crippen molar-refractivity contribution in [2.24, 2.45) is 0 Å². The van der Waals surface area contributed by atoms with E-state index in [1.807, 2.05) is 48.5 Å². The molecular weight excluding hydrogens is 448 g/mol. The lowest BCUT2D eigenvalue weighted by Crippen LogP contribution is -2.14. The van der Waals surface area contributed by atoms with Gasteiger partial charge in [-0.15, -0.1) is 0 Å². The molecule has 0 aliphatic carbocycles. The van der Waals surface area contributed by atoms with Crippen LogP contribution in [0.25, 0.3) is 0 Å². The van der Waals surface area contributed by atoms with Gasteiger partial charge in [0.1, 0.15) is 24.7 Å². The molecule has 0 radical (unpaired) electrons. The highest BCUT2D eigenvalue weighted by Gasteiger charge is 2.06. The minimum atomic E-state index is 0.233. The fraction of sp³-hybridized carbons (Fsp3) is 0.200. The number of ether oxygens (including phenoxy) is 2. The smallest absolute Gasteiger partial charge is 0.214 e. The lowest BCUT2D eigenvalue weighted by Gasteiger charge is -2.08. The number of aromatic nitrogens is 6. The number of nitrogens with two attached hydrogens (primary N) is 2. The van der Waals surface area contributed by atoms with E-state index in [1.165, 1.54) is 20.5 Å². The molecule has 2 aromatic carbocycles. The molecule has 4 rings (SSSR count). The van der Waals surface area contributed by atoms with Crippen molar-refractivity contribution in [1.82, 2.24) is 29.7 Å². The average molecular weight is 471 g/mol. The van der Waals surface area contributed by atoms with E-state index in [0.717, 1.165) is 24.3 Å². The predicted molar refractivity (Wildman–Crippen MR) is 124 cm³/mol. The zero-order chi connectivity index (χ0) is 22.5. The molecule has 32 heavy (non-hydrogen) atoms. The standard InChI is InChI=1S/C20H22N8O2S2/c21-27-17(23-25-19(27)31)11-29-15-7-3-13(4-8-15)1-2-14-5-9-16(10-6-14)30-12-18-24-26-20(32)28(18)22/h3-10H,1-2,11-12,21-22H2,(H,25,31)(H,26,32). The summed E-state index contributed by atoms with van der Waals surface area (Å²) in [5.74, 6) is 14.1. The summed E-state index contributed by atoms with van der Waals surface area (Å²) in [6, 6.07) is 15.9. The Morgan fingerprint density at radius 3 is 1.38 bits per heavy atom. The first-order chi connectivity index (χ1) is 15.5. The van der Waals surface area contributed by atoms with Gasteiger partial charge in [-0.1, -0.05) is 24.3 Å². The van der Waals surface area contributed by atoms with Crippen molar-refractivity contribution in [3.63, 3.8) is 0 Å². The third-order valence-electron chi connectivity index (χ3n) is 4.84. The van der Waals surface area contributed by atoms with Gasteiger partial charge in [-0.25, -0.2) is 9.35 Å². The Kier molecular flexibility index (Phi) is 6.52. The summed E-state index contributed by atoms with van der Waals surface area (Å²) in [6.07, 6.45) is 1.81. The van der Waals surface area contributed by atoms with E-state index in [4.69, 9.17) is 45.6 Å². The molecule has 4 aromatic rings. The minimum absolute atomic E-state index is 0.233. The van der Waals surface area contributed by atoms with Crippen LogP contribution in [-0.4, -0.2) is 29.7 Å². The van der Waals surface area contributed by atoms with Crippen LogP contribution in [0.1, 0.15) is 22.8 Å². The van der Waals surface area contributed by atoms with Gasteiger partial charge in [0.05, 0.1) is 0 Å². The predicted octanol–water partition coefficient (Wildman–Crippen LogP) is 2.57. The van der Waals surface area contributed by atoms with Gasteiger partial charge in [0.2, 0.25) is 9.54 Å². The van der Waals surface area contributed by atoms with Crippen LogP contribution in [0.15, 0.2) is 48.5 Å². The number of nitrogens with zero attached hydrogens (tertiary/aromatic N) is 4. The normalized spacial score (nSPS) is 10.9. The largest absolute Gasteiger partial charge is 0.486 e. The van der Waals surface area contributed by atoms with E-state index >= 15 is 0 Å². The number of H-pyrrole nitrogens is 2. The van der Waals surface area contributed by atoms with E-state index in [0.29, 0.717) is 21.2 Å². The maximum Gasteiger partial charge on any atom is 0.214 e. The first-order valence-corrected chi connectivity index (χ1v) is 10.6. The van der Waals surface area contributed by atoms with Crippen molar-refractivity contribution in [3.05, 3.63) is 80.8 Å². The summed E-state index contributed by atoms with van der Waals surface area (Å²) in [5, 5.41) is 13.3. The molecule has 0 aliphatic rings. The molecule has 2 aromatic heterocycles. The number of nitrogen functional groups attached to an aromatic ring is 2. The maximum atomic E-state index is 5.76. The maximum absolute atomic E-state index is 5.76. The highest BCUT2D eigenvalue weighted by atomic mass is 32.1. The first-order valence-electron chi connectivity index (χ1n) is 9.76.